The number of carbonyl (C=O) groups is 2. The highest BCUT2D eigenvalue weighted by atomic mass is 79.9. The number of hydrogen-bond acceptors (Lipinski definition) is 7. The Morgan fingerprint density at radius 3 is 2.30 bits per heavy atom. The predicted molar refractivity (Wildman–Crippen MR) is 168 cm³/mol. The highest BCUT2D eigenvalue weighted by molar-refractivity contribution is 9.10. The van der Waals surface area contributed by atoms with Crippen molar-refractivity contribution in [2.45, 2.75) is 45.3 Å². The van der Waals surface area contributed by atoms with Crippen molar-refractivity contribution in [1.82, 2.24) is 10.2 Å². The van der Waals surface area contributed by atoms with Crippen LogP contribution in [0.1, 0.15) is 31.4 Å². The average Bonchev–Trinajstić information content (AvgIpc) is 2.97. The Kier molecular flexibility index (Phi) is 11.7. The predicted octanol–water partition coefficient (Wildman–Crippen LogP) is 4.69. The van der Waals surface area contributed by atoms with E-state index in [1.807, 2.05) is 56.3 Å². The number of carbonyl (C=O) groups excluding carboxylic acids is 2. The Hall–Kier alpha value is -3.97. The monoisotopic (exact) mass is 674 g/mol. The number of benzene rings is 3. The number of methoxy groups -OCH3 is 1. The Bertz CT molecular complexity index is 1550. The maximum atomic E-state index is 14.2. The van der Waals surface area contributed by atoms with E-state index >= 15 is 0 Å². The second-order valence-electron chi connectivity index (χ2n) is 10.1. The Morgan fingerprint density at radius 2 is 1.72 bits per heavy atom. The summed E-state index contributed by atoms with van der Waals surface area (Å²) in [6.45, 7) is 3.05. The molecule has 11 nitrogen and oxygen atoms in total. The molecule has 3 aromatic carbocycles. The number of nitro benzene ring substituents is 1. The minimum atomic E-state index is -4.15. The van der Waals surface area contributed by atoms with E-state index in [2.05, 4.69) is 21.2 Å². The van der Waals surface area contributed by atoms with Crippen LogP contribution in [0.4, 0.5) is 11.4 Å². The van der Waals surface area contributed by atoms with Crippen LogP contribution >= 0.6 is 15.9 Å². The van der Waals surface area contributed by atoms with E-state index in [1.165, 1.54) is 24.1 Å². The van der Waals surface area contributed by atoms with E-state index in [1.54, 1.807) is 12.1 Å². The maximum absolute atomic E-state index is 14.2. The molecule has 3 rings (SSSR count). The van der Waals surface area contributed by atoms with Crippen LogP contribution in [0.3, 0.4) is 0 Å². The smallest absolute Gasteiger partial charge is 0.271 e. The van der Waals surface area contributed by atoms with Gasteiger partial charge in [-0.05, 0) is 42.7 Å². The molecule has 0 bridgehead atoms. The first-order valence-corrected chi connectivity index (χ1v) is 16.2. The van der Waals surface area contributed by atoms with Gasteiger partial charge in [0.15, 0.2) is 0 Å². The summed E-state index contributed by atoms with van der Waals surface area (Å²) < 4.78 is 33.0. The maximum Gasteiger partial charge on any atom is 0.271 e. The number of ether oxygens (including phenoxy) is 1. The van der Waals surface area contributed by atoms with Gasteiger partial charge in [0.25, 0.3) is 5.69 Å². The van der Waals surface area contributed by atoms with Gasteiger partial charge in [-0.25, -0.2) is 8.42 Å². The van der Waals surface area contributed by atoms with E-state index in [0.717, 1.165) is 26.7 Å². The van der Waals surface area contributed by atoms with Gasteiger partial charge in [-0.3, -0.25) is 24.0 Å². The summed E-state index contributed by atoms with van der Waals surface area (Å²) in [6.07, 6.45) is 1.73. The number of hydrogen-bond donors (Lipinski definition) is 1. The topological polar surface area (TPSA) is 139 Å². The van der Waals surface area contributed by atoms with Crippen LogP contribution < -0.4 is 14.4 Å². The van der Waals surface area contributed by atoms with Gasteiger partial charge in [0, 0.05) is 35.6 Å². The van der Waals surface area contributed by atoms with Gasteiger partial charge in [0.2, 0.25) is 21.8 Å². The first kappa shape index (κ1) is 33.5. The summed E-state index contributed by atoms with van der Waals surface area (Å²) in [6, 6.07) is 18.8. The van der Waals surface area contributed by atoms with E-state index in [4.69, 9.17) is 4.74 Å². The van der Waals surface area contributed by atoms with Gasteiger partial charge < -0.3 is 15.0 Å². The molecule has 0 aromatic heterocycles. The van der Waals surface area contributed by atoms with Gasteiger partial charge in [0.05, 0.1) is 18.3 Å². The summed E-state index contributed by atoms with van der Waals surface area (Å²) in [7, 11) is -2.86. The lowest BCUT2D eigenvalue weighted by Crippen LogP contribution is -2.54. The molecule has 2 amide bonds. The standard InChI is InChI=1S/C30H35BrN4O7S/c1-5-21(2)32-30(37)27(17-22-10-7-6-8-11-22)33(19-23-12-9-13-24(31)16-23)29(36)20-34(43(4,40)41)26-18-25(35(38)39)14-15-28(26)42-3/h6-16,18,21,27H,5,17,19-20H2,1-4H3,(H,32,37)/t21-,27-/m1/s1. The van der Waals surface area contributed by atoms with Crippen LogP contribution in [-0.2, 0) is 32.6 Å². The molecule has 0 fully saturated rings. The van der Waals surface area contributed by atoms with Gasteiger partial charge in [0.1, 0.15) is 24.0 Å². The average molecular weight is 676 g/mol. The largest absolute Gasteiger partial charge is 0.495 e. The number of nitrogens with zero attached hydrogens (tertiary/aromatic N) is 3. The third-order valence-corrected chi connectivity index (χ3v) is 8.45. The lowest BCUT2D eigenvalue weighted by molar-refractivity contribution is -0.384. The lowest BCUT2D eigenvalue weighted by Gasteiger charge is -2.34. The van der Waals surface area contributed by atoms with Gasteiger partial charge >= 0.3 is 0 Å². The number of rotatable bonds is 14. The molecule has 3 aromatic rings. The van der Waals surface area contributed by atoms with Crippen LogP contribution in [0.25, 0.3) is 0 Å². The molecular weight excluding hydrogens is 640 g/mol. The zero-order valence-electron chi connectivity index (χ0n) is 24.4. The number of anilines is 1. The molecule has 230 valence electrons. The number of halogens is 1. The van der Waals surface area contributed by atoms with E-state index in [0.29, 0.717) is 12.0 Å². The van der Waals surface area contributed by atoms with Crippen molar-refractivity contribution >= 4 is 49.1 Å². The lowest BCUT2D eigenvalue weighted by atomic mass is 10.0. The van der Waals surface area contributed by atoms with Crippen molar-refractivity contribution in [1.29, 1.82) is 0 Å². The molecule has 0 unspecified atom stereocenters. The minimum Gasteiger partial charge on any atom is -0.495 e. The van der Waals surface area contributed by atoms with Crippen molar-refractivity contribution in [3.8, 4) is 5.75 Å². The minimum absolute atomic E-state index is 0.00657. The molecule has 0 aliphatic carbocycles. The summed E-state index contributed by atoms with van der Waals surface area (Å²) in [5, 5.41) is 14.5. The van der Waals surface area contributed by atoms with Crippen LogP contribution in [0.5, 0.6) is 5.75 Å². The quantitative estimate of drug-likeness (QED) is 0.193. The molecule has 0 saturated heterocycles. The van der Waals surface area contributed by atoms with Crippen molar-refractivity contribution in [2.24, 2.45) is 0 Å². The molecule has 13 heteroatoms. The highest BCUT2D eigenvalue weighted by Crippen LogP contribution is 2.34. The first-order valence-electron chi connectivity index (χ1n) is 13.5. The Labute approximate surface area is 260 Å². The van der Waals surface area contributed by atoms with Crippen LogP contribution in [0.2, 0.25) is 0 Å². The third kappa shape index (κ3) is 9.26. The number of amides is 2. The summed E-state index contributed by atoms with van der Waals surface area (Å²) in [5.41, 5.74) is 0.964. The molecule has 2 atom stereocenters. The van der Waals surface area contributed by atoms with Crippen molar-refractivity contribution in [3.63, 3.8) is 0 Å². The van der Waals surface area contributed by atoms with Crippen LogP contribution in [0, 0.1) is 10.1 Å². The summed E-state index contributed by atoms with van der Waals surface area (Å²) in [4.78, 5) is 40.2. The number of sulfonamides is 1. The second kappa shape index (κ2) is 15.0. The number of nitrogens with one attached hydrogen (secondary N) is 1. The van der Waals surface area contributed by atoms with Gasteiger partial charge in [-0.1, -0.05) is 65.3 Å². The molecule has 1 N–H and O–H groups in total. The van der Waals surface area contributed by atoms with Crippen molar-refractivity contribution in [3.05, 3.63) is 98.5 Å². The van der Waals surface area contributed by atoms with Crippen LogP contribution in [-0.4, -0.2) is 62.0 Å². The zero-order chi connectivity index (χ0) is 31.7. The molecule has 0 aliphatic rings. The molecule has 0 aliphatic heterocycles. The Balaban J connectivity index is 2.13. The molecule has 0 spiro atoms. The van der Waals surface area contributed by atoms with Crippen molar-refractivity contribution in [2.75, 3.05) is 24.2 Å². The molecule has 0 radical (unpaired) electrons. The first-order chi connectivity index (χ1) is 20.3. The molecule has 43 heavy (non-hydrogen) atoms. The molecule has 0 saturated carbocycles. The summed E-state index contributed by atoms with van der Waals surface area (Å²) in [5.74, 6) is -1.04. The van der Waals surface area contributed by atoms with E-state index < -0.39 is 33.4 Å². The SMILES string of the molecule is CC[C@@H](C)NC(=O)[C@@H](Cc1ccccc1)N(Cc1cccc(Br)c1)C(=O)CN(c1cc([N+](=O)[O-])ccc1OC)S(C)(=O)=O. The Morgan fingerprint density at radius 1 is 1.05 bits per heavy atom. The zero-order valence-corrected chi connectivity index (χ0v) is 26.8. The molecular formula is C30H35BrN4O7S. The fourth-order valence-corrected chi connectivity index (χ4v) is 5.70. The number of non-ortho nitro benzene ring substituents is 1. The highest BCUT2D eigenvalue weighted by Gasteiger charge is 2.34. The van der Waals surface area contributed by atoms with Crippen molar-refractivity contribution < 1.29 is 27.7 Å². The van der Waals surface area contributed by atoms with E-state index in [-0.39, 0.29) is 42.0 Å². The summed E-state index contributed by atoms with van der Waals surface area (Å²) >= 11 is 3.44. The normalized spacial score (nSPS) is 12.6. The van der Waals surface area contributed by atoms with Crippen LogP contribution in [0.15, 0.2) is 77.3 Å². The molecule has 0 heterocycles. The van der Waals surface area contributed by atoms with E-state index in [9.17, 15) is 28.1 Å². The van der Waals surface area contributed by atoms with Gasteiger partial charge in [-0.2, -0.15) is 0 Å². The fourth-order valence-electron chi connectivity index (χ4n) is 4.41. The van der Waals surface area contributed by atoms with Gasteiger partial charge in [-0.15, -0.1) is 0 Å². The second-order valence-corrected chi connectivity index (χ2v) is 12.9. The fraction of sp³-hybridized carbons (Fsp3) is 0.333. The third-order valence-electron chi connectivity index (χ3n) is 6.84. The number of nitro groups is 1.